The highest BCUT2D eigenvalue weighted by atomic mass is 32.2. The van der Waals surface area contributed by atoms with E-state index in [-0.39, 0.29) is 16.9 Å². The Hall–Kier alpha value is -4.00. The smallest absolute Gasteiger partial charge is 0.222 e. The number of sulfone groups is 1. The number of rotatable bonds is 11. The van der Waals surface area contributed by atoms with Gasteiger partial charge in [-0.3, -0.25) is 9.58 Å². The van der Waals surface area contributed by atoms with E-state index in [1.807, 2.05) is 37.7 Å². The van der Waals surface area contributed by atoms with Gasteiger partial charge in [0.1, 0.15) is 11.6 Å². The van der Waals surface area contributed by atoms with E-state index in [0.29, 0.717) is 28.5 Å². The van der Waals surface area contributed by atoms with Crippen molar-refractivity contribution in [3.8, 4) is 28.1 Å². The molecule has 0 radical (unpaired) electrons. The predicted octanol–water partition coefficient (Wildman–Crippen LogP) is 5.25. The summed E-state index contributed by atoms with van der Waals surface area (Å²) in [6, 6.07) is 10.9. The molecule has 0 bridgehead atoms. The topological polar surface area (TPSA) is 137 Å². The highest BCUT2D eigenvalue weighted by molar-refractivity contribution is 7.92. The normalized spacial score (nSPS) is 14.3. The van der Waals surface area contributed by atoms with Gasteiger partial charge < -0.3 is 20.5 Å². The van der Waals surface area contributed by atoms with Crippen LogP contribution in [0.3, 0.4) is 0 Å². The number of nitrogens with zero attached hydrogens (tertiary/aromatic N) is 5. The Bertz CT molecular complexity index is 1760. The van der Waals surface area contributed by atoms with E-state index in [0.717, 1.165) is 61.6 Å². The van der Waals surface area contributed by atoms with Crippen molar-refractivity contribution in [3.05, 3.63) is 59.9 Å². The van der Waals surface area contributed by atoms with Crippen molar-refractivity contribution in [2.75, 3.05) is 43.9 Å². The van der Waals surface area contributed by atoms with Crippen LogP contribution < -0.4 is 15.8 Å². The molecule has 45 heavy (non-hydrogen) atoms. The number of aryl methyl sites for hydroxylation is 1. The van der Waals surface area contributed by atoms with E-state index in [9.17, 15) is 8.42 Å². The van der Waals surface area contributed by atoms with Crippen LogP contribution in [0.1, 0.15) is 38.8 Å². The fourth-order valence-corrected chi connectivity index (χ4v) is 6.54. The first-order chi connectivity index (χ1) is 21.4. The molecule has 1 aliphatic rings. The summed E-state index contributed by atoms with van der Waals surface area (Å²) in [5, 5.41) is 7.30. The van der Waals surface area contributed by atoms with Crippen LogP contribution in [0.25, 0.3) is 22.4 Å². The van der Waals surface area contributed by atoms with Crippen LogP contribution >= 0.6 is 0 Å². The van der Waals surface area contributed by atoms with Gasteiger partial charge in [0.05, 0.1) is 53.6 Å². The molecule has 0 unspecified atom stereocenters. The first kappa shape index (κ1) is 32.4. The molecule has 0 aliphatic carbocycles. The highest BCUT2D eigenvalue weighted by Gasteiger charge is 2.24. The second-order valence-electron chi connectivity index (χ2n) is 11.9. The fraction of sp³-hybridized carbons (Fsp3) is 0.424. The maximum absolute atomic E-state index is 13.1. The average Bonchev–Trinajstić information content (AvgIpc) is 3.47. The SMILES string of the molecule is Cc1cc(OC(C)C)c(-c2nc(N)nc(Nc3ccccc3S(=O)(=O)C(C)C)c2C)cc1-c1cnn(CCN2CCOCC2)c1. The largest absolute Gasteiger partial charge is 0.490 e. The number of nitrogens with two attached hydrogens (primary N) is 1. The minimum atomic E-state index is -3.56. The van der Waals surface area contributed by atoms with Gasteiger partial charge in [0.15, 0.2) is 9.84 Å². The molecule has 1 aliphatic heterocycles. The molecule has 0 saturated carbocycles. The number of aromatic nitrogens is 4. The Morgan fingerprint density at radius 3 is 2.47 bits per heavy atom. The summed E-state index contributed by atoms with van der Waals surface area (Å²) in [4.78, 5) is 11.7. The number of hydrogen-bond donors (Lipinski definition) is 2. The first-order valence-corrected chi connectivity index (χ1v) is 16.9. The zero-order valence-corrected chi connectivity index (χ0v) is 27.7. The van der Waals surface area contributed by atoms with Crippen LogP contribution in [0.15, 0.2) is 53.7 Å². The summed E-state index contributed by atoms with van der Waals surface area (Å²) in [7, 11) is -3.56. The minimum absolute atomic E-state index is 0.0517. The molecule has 3 N–H and O–H groups in total. The number of para-hydroxylation sites is 1. The molecule has 12 heteroatoms. The summed E-state index contributed by atoms with van der Waals surface area (Å²) in [5.41, 5.74) is 11.8. The van der Waals surface area contributed by atoms with Gasteiger partial charge in [-0.1, -0.05) is 12.1 Å². The van der Waals surface area contributed by atoms with Crippen molar-refractivity contribution in [1.82, 2.24) is 24.6 Å². The number of anilines is 3. The number of benzene rings is 2. The molecule has 2 aromatic carbocycles. The standard InChI is InChI=1S/C33H43N7O4S/c1-21(2)44-29-17-23(5)26(25-19-35-40(20-25)12-11-39-13-15-43-16-14-39)18-27(29)31-24(6)32(38-33(34)37-31)36-28-9-7-8-10-30(28)45(41,42)22(3)4/h7-10,17-22H,11-16H2,1-6H3,(H3,34,36,37,38). The second kappa shape index (κ2) is 13.6. The van der Waals surface area contributed by atoms with E-state index in [1.54, 1.807) is 38.1 Å². The minimum Gasteiger partial charge on any atom is -0.490 e. The monoisotopic (exact) mass is 633 g/mol. The van der Waals surface area contributed by atoms with Crippen molar-refractivity contribution in [1.29, 1.82) is 0 Å². The summed E-state index contributed by atoms with van der Waals surface area (Å²) < 4.78 is 40.0. The molecule has 0 spiro atoms. The third-order valence-corrected chi connectivity index (χ3v) is 10.1. The number of hydrogen-bond acceptors (Lipinski definition) is 10. The van der Waals surface area contributed by atoms with Crippen molar-refractivity contribution >= 4 is 27.3 Å². The predicted molar refractivity (Wildman–Crippen MR) is 178 cm³/mol. The first-order valence-electron chi connectivity index (χ1n) is 15.3. The van der Waals surface area contributed by atoms with Crippen molar-refractivity contribution in [3.63, 3.8) is 0 Å². The molecular weight excluding hydrogens is 590 g/mol. The van der Waals surface area contributed by atoms with Gasteiger partial charge in [0, 0.05) is 42.5 Å². The van der Waals surface area contributed by atoms with Gasteiger partial charge in [0.2, 0.25) is 5.95 Å². The molecule has 1 saturated heterocycles. The average molecular weight is 634 g/mol. The number of nitrogen functional groups attached to an aromatic ring is 1. The third-order valence-electron chi connectivity index (χ3n) is 7.87. The van der Waals surface area contributed by atoms with Gasteiger partial charge in [-0.2, -0.15) is 10.1 Å². The van der Waals surface area contributed by atoms with E-state index in [1.165, 1.54) is 0 Å². The van der Waals surface area contributed by atoms with Crippen LogP contribution in [0.2, 0.25) is 0 Å². The van der Waals surface area contributed by atoms with Crippen molar-refractivity contribution < 1.29 is 17.9 Å². The lowest BCUT2D eigenvalue weighted by Gasteiger charge is -2.26. The van der Waals surface area contributed by atoms with E-state index >= 15 is 0 Å². The maximum Gasteiger partial charge on any atom is 0.222 e. The van der Waals surface area contributed by atoms with Crippen molar-refractivity contribution in [2.45, 2.75) is 64.3 Å². The Balaban J connectivity index is 1.54. The lowest BCUT2D eigenvalue weighted by atomic mass is 9.96. The lowest BCUT2D eigenvalue weighted by Crippen LogP contribution is -2.38. The number of morpholine rings is 1. The van der Waals surface area contributed by atoms with E-state index in [2.05, 4.69) is 44.5 Å². The number of nitrogens with one attached hydrogen (secondary N) is 1. The van der Waals surface area contributed by atoms with Crippen molar-refractivity contribution in [2.24, 2.45) is 0 Å². The van der Waals surface area contributed by atoms with Crippen LogP contribution in [0.5, 0.6) is 5.75 Å². The van der Waals surface area contributed by atoms with Gasteiger partial charge in [-0.25, -0.2) is 13.4 Å². The molecule has 5 rings (SSSR count). The van der Waals surface area contributed by atoms with E-state index in [4.69, 9.17) is 15.2 Å². The third kappa shape index (κ3) is 7.29. The zero-order chi connectivity index (χ0) is 32.3. The van der Waals surface area contributed by atoms with Gasteiger partial charge in [-0.05, 0) is 76.9 Å². The summed E-state index contributed by atoms with van der Waals surface area (Å²) >= 11 is 0. The molecule has 2 aromatic heterocycles. The lowest BCUT2D eigenvalue weighted by molar-refractivity contribution is 0.0360. The molecular formula is C33H43N7O4S. The summed E-state index contributed by atoms with van der Waals surface area (Å²) in [6.45, 7) is 16.3. The molecule has 3 heterocycles. The Kier molecular flexibility index (Phi) is 9.76. The van der Waals surface area contributed by atoms with Gasteiger partial charge >= 0.3 is 0 Å². The maximum atomic E-state index is 13.1. The van der Waals surface area contributed by atoms with Crippen LogP contribution in [0.4, 0.5) is 17.5 Å². The van der Waals surface area contributed by atoms with Crippen LogP contribution in [-0.4, -0.2) is 77.3 Å². The summed E-state index contributed by atoms with van der Waals surface area (Å²) in [6.07, 6.45) is 3.87. The molecule has 1 fully saturated rings. The molecule has 240 valence electrons. The fourth-order valence-electron chi connectivity index (χ4n) is 5.34. The molecule has 11 nitrogen and oxygen atoms in total. The summed E-state index contributed by atoms with van der Waals surface area (Å²) in [5.74, 6) is 1.13. The van der Waals surface area contributed by atoms with Gasteiger partial charge in [0.25, 0.3) is 0 Å². The quantitative estimate of drug-likeness (QED) is 0.225. The zero-order valence-electron chi connectivity index (χ0n) is 26.9. The number of ether oxygens (including phenoxy) is 2. The Labute approximate surface area is 265 Å². The van der Waals surface area contributed by atoms with Crippen LogP contribution in [-0.2, 0) is 21.1 Å². The van der Waals surface area contributed by atoms with E-state index < -0.39 is 15.1 Å². The second-order valence-corrected chi connectivity index (χ2v) is 14.4. The Morgan fingerprint density at radius 2 is 1.76 bits per heavy atom. The molecule has 0 amide bonds. The van der Waals surface area contributed by atoms with Gasteiger partial charge in [-0.15, -0.1) is 0 Å². The highest BCUT2D eigenvalue weighted by Crippen LogP contribution is 2.40. The molecule has 4 aromatic rings. The molecule has 0 atom stereocenters. The van der Waals surface area contributed by atoms with Crippen LogP contribution in [0, 0.1) is 13.8 Å². The Morgan fingerprint density at radius 1 is 1.02 bits per heavy atom.